The average Bonchev–Trinajstić information content (AvgIpc) is 3.24. The third kappa shape index (κ3) is 4.70. The molecule has 1 amide bonds. The number of hydrogen-bond acceptors (Lipinski definition) is 5. The largest absolute Gasteiger partial charge is 0.484 e. The zero-order chi connectivity index (χ0) is 20.1. The zero-order valence-electron chi connectivity index (χ0n) is 15.2. The van der Waals surface area contributed by atoms with Crippen molar-refractivity contribution in [1.82, 2.24) is 10.1 Å². The van der Waals surface area contributed by atoms with E-state index >= 15 is 0 Å². The molecule has 0 aliphatic carbocycles. The number of hydrogen-bond donors (Lipinski definition) is 1. The van der Waals surface area contributed by atoms with E-state index in [4.69, 9.17) is 9.26 Å². The molecule has 0 fully saturated rings. The smallest absolute Gasteiger partial charge is 0.262 e. The number of carbonyl (C=O) groups is 1. The van der Waals surface area contributed by atoms with E-state index in [1.54, 1.807) is 18.2 Å². The summed E-state index contributed by atoms with van der Waals surface area (Å²) in [6, 6.07) is 24.1. The molecule has 1 aromatic heterocycles. The van der Waals surface area contributed by atoms with Gasteiger partial charge in [-0.3, -0.25) is 4.79 Å². The molecule has 7 heteroatoms. The normalized spacial score (nSPS) is 10.5. The summed E-state index contributed by atoms with van der Waals surface area (Å²) in [6.45, 7) is -0.116. The first-order valence-electron chi connectivity index (χ1n) is 8.86. The van der Waals surface area contributed by atoms with E-state index in [9.17, 15) is 4.79 Å². The Morgan fingerprint density at radius 2 is 1.69 bits per heavy atom. The van der Waals surface area contributed by atoms with Gasteiger partial charge >= 0.3 is 0 Å². The van der Waals surface area contributed by atoms with E-state index in [0.29, 0.717) is 28.7 Å². The van der Waals surface area contributed by atoms with Crippen LogP contribution >= 0.6 is 15.9 Å². The molecule has 0 radical (unpaired) electrons. The first-order valence-corrected chi connectivity index (χ1v) is 9.65. The van der Waals surface area contributed by atoms with Crippen LogP contribution in [0, 0.1) is 0 Å². The lowest BCUT2D eigenvalue weighted by atomic mass is 10.1. The molecule has 0 unspecified atom stereocenters. The van der Waals surface area contributed by atoms with Crippen LogP contribution in [0.15, 0.2) is 87.9 Å². The molecule has 0 bridgehead atoms. The predicted octanol–water partition coefficient (Wildman–Crippen LogP) is 5.18. The van der Waals surface area contributed by atoms with Crippen molar-refractivity contribution >= 4 is 27.5 Å². The Morgan fingerprint density at radius 1 is 0.966 bits per heavy atom. The predicted molar refractivity (Wildman–Crippen MR) is 113 cm³/mol. The molecular weight excluding hydrogens is 434 g/mol. The van der Waals surface area contributed by atoms with Gasteiger partial charge in [-0.1, -0.05) is 63.6 Å². The van der Waals surface area contributed by atoms with Crippen molar-refractivity contribution in [2.75, 3.05) is 11.9 Å². The van der Waals surface area contributed by atoms with E-state index in [-0.39, 0.29) is 12.5 Å². The maximum absolute atomic E-state index is 12.4. The Bertz CT molecular complexity index is 1110. The van der Waals surface area contributed by atoms with Crippen LogP contribution < -0.4 is 10.1 Å². The summed E-state index contributed by atoms with van der Waals surface area (Å²) in [5.41, 5.74) is 2.06. The summed E-state index contributed by atoms with van der Waals surface area (Å²) in [4.78, 5) is 16.8. The minimum atomic E-state index is -0.289. The Labute approximate surface area is 175 Å². The van der Waals surface area contributed by atoms with Gasteiger partial charge in [0.05, 0.1) is 11.3 Å². The molecule has 1 heterocycles. The van der Waals surface area contributed by atoms with Crippen molar-refractivity contribution in [3.05, 3.63) is 83.3 Å². The van der Waals surface area contributed by atoms with Crippen LogP contribution in [0.25, 0.3) is 22.8 Å². The van der Waals surface area contributed by atoms with Gasteiger partial charge < -0.3 is 14.6 Å². The molecule has 6 nitrogen and oxygen atoms in total. The second kappa shape index (κ2) is 8.70. The standard InChI is InChI=1S/C22H16BrN3O3/c23-16-10-12-17(13-11-16)28-14-20(27)24-19-9-5-4-8-18(19)22-25-21(26-29-22)15-6-2-1-3-7-15/h1-13H,14H2,(H,24,27). The summed E-state index contributed by atoms with van der Waals surface area (Å²) < 4.78 is 11.9. The van der Waals surface area contributed by atoms with Gasteiger partial charge in [-0.25, -0.2) is 0 Å². The minimum Gasteiger partial charge on any atom is -0.484 e. The summed E-state index contributed by atoms with van der Waals surface area (Å²) in [6.07, 6.45) is 0. The van der Waals surface area contributed by atoms with E-state index in [2.05, 4.69) is 31.4 Å². The zero-order valence-corrected chi connectivity index (χ0v) is 16.8. The van der Waals surface area contributed by atoms with Crippen LogP contribution in [-0.2, 0) is 4.79 Å². The third-order valence-electron chi connectivity index (χ3n) is 4.07. The summed E-state index contributed by atoms with van der Waals surface area (Å²) in [5.74, 6) is 1.14. The van der Waals surface area contributed by atoms with Crippen molar-refractivity contribution in [3.63, 3.8) is 0 Å². The monoisotopic (exact) mass is 449 g/mol. The highest BCUT2D eigenvalue weighted by molar-refractivity contribution is 9.10. The number of rotatable bonds is 6. The van der Waals surface area contributed by atoms with Gasteiger partial charge in [0.2, 0.25) is 5.82 Å². The fraction of sp³-hybridized carbons (Fsp3) is 0.0455. The number of carbonyl (C=O) groups excluding carboxylic acids is 1. The van der Waals surface area contributed by atoms with Crippen LogP contribution in [0.2, 0.25) is 0 Å². The number of anilines is 1. The van der Waals surface area contributed by atoms with E-state index in [1.807, 2.05) is 60.7 Å². The summed E-state index contributed by atoms with van der Waals surface area (Å²) >= 11 is 3.36. The molecule has 4 aromatic rings. The molecule has 0 atom stereocenters. The van der Waals surface area contributed by atoms with Crippen molar-refractivity contribution in [1.29, 1.82) is 0 Å². The first kappa shape index (κ1) is 18.9. The Balaban J connectivity index is 1.48. The van der Waals surface area contributed by atoms with Crippen LogP contribution in [0.1, 0.15) is 0 Å². The van der Waals surface area contributed by atoms with Gasteiger partial charge in [-0.05, 0) is 36.4 Å². The lowest BCUT2D eigenvalue weighted by Gasteiger charge is -2.09. The number of aromatic nitrogens is 2. The van der Waals surface area contributed by atoms with E-state index in [1.165, 1.54) is 0 Å². The molecular formula is C22H16BrN3O3. The molecule has 4 rings (SSSR count). The van der Waals surface area contributed by atoms with Crippen LogP contribution in [-0.4, -0.2) is 22.7 Å². The molecule has 0 aliphatic heterocycles. The number of benzene rings is 3. The quantitative estimate of drug-likeness (QED) is 0.438. The van der Waals surface area contributed by atoms with Crippen LogP contribution in [0.5, 0.6) is 5.75 Å². The number of amides is 1. The highest BCUT2D eigenvalue weighted by Crippen LogP contribution is 2.28. The van der Waals surface area contributed by atoms with E-state index < -0.39 is 0 Å². The third-order valence-corrected chi connectivity index (χ3v) is 4.60. The lowest BCUT2D eigenvalue weighted by molar-refractivity contribution is -0.118. The highest BCUT2D eigenvalue weighted by atomic mass is 79.9. The molecule has 1 N–H and O–H groups in total. The van der Waals surface area contributed by atoms with Crippen molar-refractivity contribution < 1.29 is 14.1 Å². The van der Waals surface area contributed by atoms with Crippen LogP contribution in [0.3, 0.4) is 0 Å². The average molecular weight is 450 g/mol. The fourth-order valence-corrected chi connectivity index (χ4v) is 2.95. The molecule has 3 aromatic carbocycles. The maximum atomic E-state index is 12.4. The van der Waals surface area contributed by atoms with Crippen molar-refractivity contribution in [2.24, 2.45) is 0 Å². The highest BCUT2D eigenvalue weighted by Gasteiger charge is 2.15. The van der Waals surface area contributed by atoms with Gasteiger partial charge in [0.1, 0.15) is 5.75 Å². The summed E-state index contributed by atoms with van der Waals surface area (Å²) in [7, 11) is 0. The number of para-hydroxylation sites is 1. The number of nitrogens with zero attached hydrogens (tertiary/aromatic N) is 2. The van der Waals surface area contributed by atoms with Gasteiger partial charge in [0, 0.05) is 10.0 Å². The van der Waals surface area contributed by atoms with E-state index in [0.717, 1.165) is 10.0 Å². The second-order valence-corrected chi connectivity index (χ2v) is 7.04. The molecule has 0 spiro atoms. The van der Waals surface area contributed by atoms with Crippen molar-refractivity contribution in [2.45, 2.75) is 0 Å². The first-order chi connectivity index (χ1) is 14.2. The second-order valence-electron chi connectivity index (χ2n) is 6.13. The summed E-state index contributed by atoms with van der Waals surface area (Å²) in [5, 5.41) is 6.88. The maximum Gasteiger partial charge on any atom is 0.262 e. The topological polar surface area (TPSA) is 77.2 Å². The Kier molecular flexibility index (Phi) is 5.67. The SMILES string of the molecule is O=C(COc1ccc(Br)cc1)Nc1ccccc1-c1nc(-c2ccccc2)no1. The van der Waals surface area contributed by atoms with Gasteiger partial charge in [0.25, 0.3) is 11.8 Å². The number of nitrogens with one attached hydrogen (secondary N) is 1. The fourth-order valence-electron chi connectivity index (χ4n) is 2.68. The minimum absolute atomic E-state index is 0.116. The van der Waals surface area contributed by atoms with Gasteiger partial charge in [-0.2, -0.15) is 4.98 Å². The molecule has 0 saturated heterocycles. The lowest BCUT2D eigenvalue weighted by Crippen LogP contribution is -2.20. The molecule has 0 saturated carbocycles. The molecule has 29 heavy (non-hydrogen) atoms. The molecule has 144 valence electrons. The van der Waals surface area contributed by atoms with Crippen LogP contribution in [0.4, 0.5) is 5.69 Å². The molecule has 0 aliphatic rings. The van der Waals surface area contributed by atoms with Gasteiger partial charge in [0.15, 0.2) is 6.61 Å². The Morgan fingerprint density at radius 3 is 2.48 bits per heavy atom. The Hall–Kier alpha value is -3.45. The number of ether oxygens (including phenoxy) is 1. The van der Waals surface area contributed by atoms with Gasteiger partial charge in [-0.15, -0.1) is 0 Å². The van der Waals surface area contributed by atoms with Crippen molar-refractivity contribution in [3.8, 4) is 28.6 Å². The number of halogens is 1.